The quantitative estimate of drug-likeness (QED) is 0.606. The van der Waals surface area contributed by atoms with E-state index in [1.807, 2.05) is 60.7 Å². The summed E-state index contributed by atoms with van der Waals surface area (Å²) in [5.74, 6) is 0. The number of hydrogen-bond acceptors (Lipinski definition) is 1. The fourth-order valence-electron chi connectivity index (χ4n) is 2.10. The van der Waals surface area contributed by atoms with E-state index in [9.17, 15) is 0 Å². The Bertz CT molecular complexity index is 650. The zero-order valence-corrected chi connectivity index (χ0v) is 13.5. The number of benzene rings is 3. The van der Waals surface area contributed by atoms with Crippen LogP contribution >= 0.6 is 0 Å². The first kappa shape index (κ1) is 15.8. The minimum Gasteiger partial charge on any atom is -0.356 e. The van der Waals surface area contributed by atoms with Crippen molar-refractivity contribution in [1.29, 1.82) is 0 Å². The maximum atomic E-state index is 3.30. The molecule has 0 bridgehead atoms. The molecule has 0 heterocycles. The summed E-state index contributed by atoms with van der Waals surface area (Å²) in [5, 5.41) is 3.30. The van der Waals surface area contributed by atoms with Crippen LogP contribution in [0.25, 0.3) is 0 Å². The largest absolute Gasteiger partial charge is 0.356 e. The van der Waals surface area contributed by atoms with Gasteiger partial charge in [-0.15, -0.1) is 0 Å². The molecule has 0 aliphatic carbocycles. The lowest BCUT2D eigenvalue weighted by Gasteiger charge is -2.04. The van der Waals surface area contributed by atoms with E-state index < -0.39 is 0 Å². The van der Waals surface area contributed by atoms with Crippen LogP contribution in [0.1, 0.15) is 16.7 Å². The van der Waals surface area contributed by atoms with Gasteiger partial charge in [0.15, 0.2) is 0 Å². The molecule has 112 valence electrons. The third kappa shape index (κ3) is 5.10. The maximum absolute atomic E-state index is 3.30. The van der Waals surface area contributed by atoms with Gasteiger partial charge in [0.05, 0.1) is 0 Å². The Kier molecular flexibility index (Phi) is 5.79. The van der Waals surface area contributed by atoms with Crippen LogP contribution in [0.2, 0.25) is 0 Å². The molecule has 0 aromatic heterocycles. The standard InChI is InChI=1S/C12H11N.C9H12/c1-3-7-11(8-4-1)13-12-9-5-2-6-10-12;1-7-4-5-8(2)9(3)6-7/h1-10,13H;4-6H,1-3H3. The first-order chi connectivity index (χ1) is 10.6. The normalized spacial score (nSPS) is 9.59. The summed E-state index contributed by atoms with van der Waals surface area (Å²) < 4.78 is 0. The summed E-state index contributed by atoms with van der Waals surface area (Å²) in [6.45, 7) is 6.39. The van der Waals surface area contributed by atoms with Crippen molar-refractivity contribution in [3.63, 3.8) is 0 Å². The highest BCUT2D eigenvalue weighted by Gasteiger charge is 1.90. The van der Waals surface area contributed by atoms with E-state index in [0.29, 0.717) is 0 Å². The van der Waals surface area contributed by atoms with Gasteiger partial charge in [-0.1, -0.05) is 60.2 Å². The van der Waals surface area contributed by atoms with Crippen LogP contribution in [-0.2, 0) is 0 Å². The zero-order chi connectivity index (χ0) is 15.8. The molecule has 3 aromatic rings. The molecule has 0 saturated heterocycles. The predicted octanol–water partition coefficient (Wildman–Crippen LogP) is 6.04. The van der Waals surface area contributed by atoms with E-state index in [0.717, 1.165) is 11.4 Å². The van der Waals surface area contributed by atoms with Crippen LogP contribution in [0.5, 0.6) is 0 Å². The van der Waals surface area contributed by atoms with E-state index in [-0.39, 0.29) is 0 Å². The number of hydrogen-bond donors (Lipinski definition) is 1. The Balaban J connectivity index is 0.000000172. The van der Waals surface area contributed by atoms with Crippen molar-refractivity contribution in [2.24, 2.45) is 0 Å². The number of para-hydroxylation sites is 2. The van der Waals surface area contributed by atoms with Crippen molar-refractivity contribution in [2.45, 2.75) is 20.8 Å². The van der Waals surface area contributed by atoms with Crippen molar-refractivity contribution in [1.82, 2.24) is 0 Å². The average Bonchev–Trinajstić information content (AvgIpc) is 2.54. The van der Waals surface area contributed by atoms with Crippen molar-refractivity contribution in [3.05, 3.63) is 95.6 Å². The third-order valence-corrected chi connectivity index (χ3v) is 3.50. The zero-order valence-electron chi connectivity index (χ0n) is 13.5. The molecule has 22 heavy (non-hydrogen) atoms. The molecule has 1 nitrogen and oxygen atoms in total. The minimum absolute atomic E-state index is 1.12. The molecule has 0 spiro atoms. The Morgan fingerprint density at radius 3 is 1.45 bits per heavy atom. The molecule has 3 rings (SSSR count). The highest BCUT2D eigenvalue weighted by molar-refractivity contribution is 5.58. The summed E-state index contributed by atoms with van der Waals surface area (Å²) >= 11 is 0. The van der Waals surface area contributed by atoms with Gasteiger partial charge in [-0.3, -0.25) is 0 Å². The van der Waals surface area contributed by atoms with Gasteiger partial charge >= 0.3 is 0 Å². The summed E-state index contributed by atoms with van der Waals surface area (Å²) in [7, 11) is 0. The predicted molar refractivity (Wildman–Crippen MR) is 96.8 cm³/mol. The lowest BCUT2D eigenvalue weighted by atomic mass is 10.1. The Hall–Kier alpha value is -2.54. The molecule has 3 aromatic carbocycles. The number of rotatable bonds is 2. The van der Waals surface area contributed by atoms with Crippen molar-refractivity contribution in [2.75, 3.05) is 5.32 Å². The summed E-state index contributed by atoms with van der Waals surface area (Å²) in [6.07, 6.45) is 0. The monoisotopic (exact) mass is 289 g/mol. The molecule has 0 atom stereocenters. The molecule has 0 amide bonds. The van der Waals surface area contributed by atoms with Gasteiger partial charge in [-0.05, 0) is 56.2 Å². The highest BCUT2D eigenvalue weighted by Crippen LogP contribution is 2.14. The number of anilines is 2. The van der Waals surface area contributed by atoms with Crippen molar-refractivity contribution >= 4 is 11.4 Å². The van der Waals surface area contributed by atoms with Crippen LogP contribution in [0.3, 0.4) is 0 Å². The van der Waals surface area contributed by atoms with Crippen molar-refractivity contribution < 1.29 is 0 Å². The molecule has 0 saturated carbocycles. The van der Waals surface area contributed by atoms with Gasteiger partial charge < -0.3 is 5.32 Å². The van der Waals surface area contributed by atoms with E-state index >= 15 is 0 Å². The molecule has 0 unspecified atom stereocenters. The topological polar surface area (TPSA) is 12.0 Å². The fraction of sp³-hybridized carbons (Fsp3) is 0.143. The van der Waals surface area contributed by atoms with Crippen LogP contribution < -0.4 is 5.32 Å². The second kappa shape index (κ2) is 8.04. The van der Waals surface area contributed by atoms with Gasteiger partial charge in [0, 0.05) is 11.4 Å². The third-order valence-electron chi connectivity index (χ3n) is 3.50. The van der Waals surface area contributed by atoms with Crippen LogP contribution in [0.4, 0.5) is 11.4 Å². The summed E-state index contributed by atoms with van der Waals surface area (Å²) in [5.41, 5.74) is 6.34. The van der Waals surface area contributed by atoms with E-state index in [1.54, 1.807) is 0 Å². The fourth-order valence-corrected chi connectivity index (χ4v) is 2.10. The molecule has 0 fully saturated rings. The smallest absolute Gasteiger partial charge is 0.0384 e. The van der Waals surface area contributed by atoms with Crippen molar-refractivity contribution in [3.8, 4) is 0 Å². The van der Waals surface area contributed by atoms with Gasteiger partial charge in [0.25, 0.3) is 0 Å². The second-order valence-corrected chi connectivity index (χ2v) is 5.44. The molecule has 0 aliphatic rings. The molecule has 0 radical (unpaired) electrons. The van der Waals surface area contributed by atoms with Gasteiger partial charge in [0.2, 0.25) is 0 Å². The number of aryl methyl sites for hydroxylation is 3. The van der Waals surface area contributed by atoms with E-state index in [1.165, 1.54) is 16.7 Å². The van der Waals surface area contributed by atoms with E-state index in [2.05, 4.69) is 44.3 Å². The summed E-state index contributed by atoms with van der Waals surface area (Å²) in [6, 6.07) is 26.8. The second-order valence-electron chi connectivity index (χ2n) is 5.44. The lowest BCUT2D eigenvalue weighted by Crippen LogP contribution is -1.87. The first-order valence-corrected chi connectivity index (χ1v) is 7.56. The molecular formula is C21H23N. The molecular weight excluding hydrogens is 266 g/mol. The van der Waals surface area contributed by atoms with Crippen LogP contribution in [-0.4, -0.2) is 0 Å². The van der Waals surface area contributed by atoms with Gasteiger partial charge in [-0.2, -0.15) is 0 Å². The molecule has 1 heteroatoms. The Morgan fingerprint density at radius 2 is 1.05 bits per heavy atom. The van der Waals surface area contributed by atoms with Gasteiger partial charge in [0.1, 0.15) is 0 Å². The first-order valence-electron chi connectivity index (χ1n) is 7.56. The average molecular weight is 289 g/mol. The summed E-state index contributed by atoms with van der Waals surface area (Å²) in [4.78, 5) is 0. The molecule has 1 N–H and O–H groups in total. The van der Waals surface area contributed by atoms with Crippen LogP contribution in [0.15, 0.2) is 78.9 Å². The van der Waals surface area contributed by atoms with E-state index in [4.69, 9.17) is 0 Å². The Labute approximate surface area is 133 Å². The number of nitrogens with one attached hydrogen (secondary N) is 1. The molecule has 0 aliphatic heterocycles. The Morgan fingerprint density at radius 1 is 0.545 bits per heavy atom. The lowest BCUT2D eigenvalue weighted by molar-refractivity contribution is 1.30. The minimum atomic E-state index is 1.12. The highest BCUT2D eigenvalue weighted by atomic mass is 14.9. The van der Waals surface area contributed by atoms with Crippen LogP contribution in [0, 0.1) is 20.8 Å². The van der Waals surface area contributed by atoms with Gasteiger partial charge in [-0.25, -0.2) is 0 Å². The maximum Gasteiger partial charge on any atom is 0.0384 e. The SMILES string of the molecule is Cc1ccc(C)c(C)c1.c1ccc(Nc2ccccc2)cc1.